The molecule has 4 aromatic carbocycles. The van der Waals surface area contributed by atoms with E-state index in [4.69, 9.17) is 27.8 Å². The fourth-order valence-electron chi connectivity index (χ4n) is 6.72. The zero-order valence-electron chi connectivity index (χ0n) is 34.5. The molecule has 0 heterocycles. The van der Waals surface area contributed by atoms with Crippen molar-refractivity contribution in [1.82, 2.24) is 20.9 Å². The molecule has 0 aliphatic carbocycles. The summed E-state index contributed by atoms with van der Waals surface area (Å²) < 4.78 is 5.71. The molecule has 4 aromatic rings. The molecule has 8 N–H and O–H groups in total. The van der Waals surface area contributed by atoms with Crippen LogP contribution < -0.4 is 27.4 Å². The molecule has 0 aliphatic rings. The molecular weight excluding hydrogens is 800 g/mol. The first-order valence-corrected chi connectivity index (χ1v) is 20.6. The minimum absolute atomic E-state index is 0.132. The Labute approximate surface area is 361 Å². The number of aliphatic carboxylic acids is 1. The molecule has 5 amide bonds. The zero-order chi connectivity index (χ0) is 44.5. The fraction of sp³-hybridized carbons (Fsp3) is 0.348. The van der Waals surface area contributed by atoms with Crippen LogP contribution in [-0.2, 0) is 41.7 Å². The molecule has 1 unspecified atom stereocenters. The van der Waals surface area contributed by atoms with Gasteiger partial charge in [-0.05, 0) is 61.4 Å². The first kappa shape index (κ1) is 47.6. The second kappa shape index (κ2) is 23.6. The molecular formula is C46H55ClN6O8. The highest BCUT2D eigenvalue weighted by molar-refractivity contribution is 6.31. The van der Waals surface area contributed by atoms with Crippen molar-refractivity contribution in [1.29, 1.82) is 0 Å². The lowest BCUT2D eigenvalue weighted by molar-refractivity contribution is -0.147. The minimum atomic E-state index is -1.65. The number of benzene rings is 4. The first-order valence-electron chi connectivity index (χ1n) is 20.2. The van der Waals surface area contributed by atoms with Gasteiger partial charge in [0.1, 0.15) is 24.7 Å². The Kier molecular flexibility index (Phi) is 18.4. The summed E-state index contributed by atoms with van der Waals surface area (Å²) in [6, 6.07) is 26.7. The number of carbonyl (C=O) groups is 6. The summed E-state index contributed by atoms with van der Waals surface area (Å²) in [5.41, 5.74) is 14.0. The van der Waals surface area contributed by atoms with E-state index in [2.05, 4.69) is 16.0 Å². The van der Waals surface area contributed by atoms with E-state index in [0.717, 1.165) is 4.90 Å². The van der Waals surface area contributed by atoms with Gasteiger partial charge >= 0.3 is 12.1 Å². The Balaban J connectivity index is 1.63. The van der Waals surface area contributed by atoms with Crippen LogP contribution in [0.15, 0.2) is 115 Å². The quantitative estimate of drug-likeness (QED) is 0.0607. The molecule has 0 bridgehead atoms. The number of carboxylic acids is 1. The van der Waals surface area contributed by atoms with Crippen LogP contribution in [0.2, 0.25) is 5.02 Å². The van der Waals surface area contributed by atoms with Gasteiger partial charge in [0, 0.05) is 10.6 Å². The predicted molar refractivity (Wildman–Crippen MR) is 232 cm³/mol. The molecule has 0 aromatic heterocycles. The predicted octanol–water partition coefficient (Wildman–Crippen LogP) is 5.12. The van der Waals surface area contributed by atoms with Crippen molar-refractivity contribution in [2.75, 3.05) is 6.54 Å². The summed E-state index contributed by atoms with van der Waals surface area (Å²) in [5.74, 6) is -6.74. The summed E-state index contributed by atoms with van der Waals surface area (Å²) in [6.07, 6.45) is 0.262. The number of nitrogens with two attached hydrogens (primary N) is 2. The molecule has 0 spiro atoms. The van der Waals surface area contributed by atoms with E-state index in [1.807, 2.05) is 0 Å². The third-order valence-corrected chi connectivity index (χ3v) is 10.5. The van der Waals surface area contributed by atoms with Gasteiger partial charge in [-0.25, -0.2) is 9.69 Å². The monoisotopic (exact) mass is 854 g/mol. The number of hydrogen-bond acceptors (Lipinski definition) is 9. The van der Waals surface area contributed by atoms with E-state index in [1.165, 1.54) is 6.92 Å². The Morgan fingerprint density at radius 2 is 1.23 bits per heavy atom. The largest absolute Gasteiger partial charge is 0.481 e. The molecule has 0 aliphatic heterocycles. The third-order valence-electron chi connectivity index (χ3n) is 10.1. The Morgan fingerprint density at radius 3 is 1.77 bits per heavy atom. The van der Waals surface area contributed by atoms with Crippen molar-refractivity contribution in [3.63, 3.8) is 0 Å². The Bertz CT molecular complexity index is 2030. The summed E-state index contributed by atoms with van der Waals surface area (Å²) in [4.78, 5) is 84.1. The molecule has 0 saturated heterocycles. The number of imide groups is 1. The average molecular weight is 855 g/mol. The van der Waals surface area contributed by atoms with Crippen LogP contribution in [0.4, 0.5) is 4.79 Å². The number of hydrogen-bond donors (Lipinski definition) is 6. The summed E-state index contributed by atoms with van der Waals surface area (Å²) in [6.45, 7) is 4.84. The molecule has 0 radical (unpaired) electrons. The molecule has 0 saturated carbocycles. The number of nitrogens with zero attached hydrogens (tertiary/aromatic N) is 1. The van der Waals surface area contributed by atoms with Crippen molar-refractivity contribution in [3.8, 4) is 0 Å². The van der Waals surface area contributed by atoms with Gasteiger partial charge in [0.15, 0.2) is 0 Å². The number of rotatable bonds is 21. The maximum atomic E-state index is 14.6. The van der Waals surface area contributed by atoms with Crippen LogP contribution in [0.3, 0.4) is 0 Å². The molecule has 0 fully saturated rings. The SMILES string of the molecule is CC(C)[C@H](NC(=O)[C@@H](NC(=O)[C@@H](N)CCCCN)C(Cc1ccccc1)C(=O)O)C(=O)N[C@H](C)C(=O)N(C(=O)OCc1ccccc1Cl)C(c1ccccc1)c1ccccc1. The number of halogens is 1. The zero-order valence-corrected chi connectivity index (χ0v) is 35.3. The number of unbranched alkanes of at least 4 members (excludes halogenated alkanes) is 1. The maximum Gasteiger partial charge on any atom is 0.417 e. The molecule has 4 rings (SSSR count). The Morgan fingerprint density at radius 1 is 0.705 bits per heavy atom. The van der Waals surface area contributed by atoms with Crippen molar-refractivity contribution < 1.29 is 38.6 Å². The second-order valence-electron chi connectivity index (χ2n) is 15.1. The van der Waals surface area contributed by atoms with Crippen LogP contribution in [-0.4, -0.2) is 76.4 Å². The molecule has 5 atom stereocenters. The number of amides is 5. The van der Waals surface area contributed by atoms with Crippen molar-refractivity contribution in [3.05, 3.63) is 143 Å². The summed E-state index contributed by atoms with van der Waals surface area (Å²) in [5, 5.41) is 18.6. The molecule has 14 nitrogen and oxygen atoms in total. The van der Waals surface area contributed by atoms with Crippen LogP contribution in [0.1, 0.15) is 68.3 Å². The smallest absolute Gasteiger partial charge is 0.417 e. The van der Waals surface area contributed by atoms with Crippen LogP contribution in [0.25, 0.3) is 0 Å². The van der Waals surface area contributed by atoms with Gasteiger partial charge in [0.05, 0.1) is 18.0 Å². The molecule has 15 heteroatoms. The van der Waals surface area contributed by atoms with E-state index in [1.54, 1.807) is 129 Å². The first-order chi connectivity index (χ1) is 29.2. The van der Waals surface area contributed by atoms with Gasteiger partial charge in [-0.1, -0.05) is 141 Å². The number of carboxylic acid groups (broad SMARTS) is 1. The number of nitrogens with one attached hydrogen (secondary N) is 3. The minimum Gasteiger partial charge on any atom is -0.481 e. The van der Waals surface area contributed by atoms with E-state index >= 15 is 0 Å². The lowest BCUT2D eigenvalue weighted by atomic mass is 9.90. The highest BCUT2D eigenvalue weighted by Crippen LogP contribution is 2.31. The molecule has 324 valence electrons. The van der Waals surface area contributed by atoms with E-state index in [9.17, 15) is 33.9 Å². The second-order valence-corrected chi connectivity index (χ2v) is 15.5. The van der Waals surface area contributed by atoms with Gasteiger partial charge in [-0.2, -0.15) is 0 Å². The van der Waals surface area contributed by atoms with E-state index in [0.29, 0.717) is 46.7 Å². The van der Waals surface area contributed by atoms with Crippen LogP contribution >= 0.6 is 11.6 Å². The number of ether oxygens (including phenoxy) is 1. The van der Waals surface area contributed by atoms with Crippen molar-refractivity contribution in [2.45, 2.75) is 83.3 Å². The lowest BCUT2D eigenvalue weighted by Gasteiger charge is -2.33. The highest BCUT2D eigenvalue weighted by atomic mass is 35.5. The third kappa shape index (κ3) is 13.7. The molecule has 61 heavy (non-hydrogen) atoms. The van der Waals surface area contributed by atoms with Gasteiger partial charge in [0.2, 0.25) is 17.7 Å². The Hall–Kier alpha value is -6.09. The van der Waals surface area contributed by atoms with Gasteiger partial charge in [0.25, 0.3) is 5.91 Å². The van der Waals surface area contributed by atoms with Crippen molar-refractivity contribution >= 4 is 47.3 Å². The van der Waals surface area contributed by atoms with Crippen molar-refractivity contribution in [2.24, 2.45) is 23.3 Å². The fourth-order valence-corrected chi connectivity index (χ4v) is 6.91. The van der Waals surface area contributed by atoms with Gasteiger partial charge < -0.3 is 37.3 Å². The summed E-state index contributed by atoms with van der Waals surface area (Å²) in [7, 11) is 0. The van der Waals surface area contributed by atoms with Crippen LogP contribution in [0.5, 0.6) is 0 Å². The number of carbonyl (C=O) groups excluding carboxylic acids is 5. The lowest BCUT2D eigenvalue weighted by Crippen LogP contribution is -2.61. The highest BCUT2D eigenvalue weighted by Gasteiger charge is 2.40. The van der Waals surface area contributed by atoms with Gasteiger partial charge in [-0.15, -0.1) is 0 Å². The van der Waals surface area contributed by atoms with E-state index in [-0.39, 0.29) is 19.4 Å². The van der Waals surface area contributed by atoms with Gasteiger partial charge in [-0.3, -0.25) is 24.0 Å². The normalized spacial score (nSPS) is 13.6. The standard InChI is InChI=1S/C46H55ClN6O8/c1-29(2)38(51-43(56)39(52-41(54)37(49)25-15-16-26-48)35(45(58)59)27-31-17-7-4-8-18-31)42(55)50-30(3)44(57)53(46(60)61-28-34-23-13-14-24-36(34)47)40(32-19-9-5-10-20-32)33-21-11-6-12-22-33/h4-14,17-24,29-30,35,37-40H,15-16,25-28,48-49H2,1-3H3,(H,50,55)(H,51,56)(H,52,54)(H,58,59)/t30-,35?,37+,38+,39+/m1/s1. The summed E-state index contributed by atoms with van der Waals surface area (Å²) >= 11 is 6.34. The average Bonchev–Trinajstić information content (AvgIpc) is 3.25. The van der Waals surface area contributed by atoms with Crippen LogP contribution in [0, 0.1) is 11.8 Å². The topological polar surface area (TPSA) is 223 Å². The maximum absolute atomic E-state index is 14.6. The van der Waals surface area contributed by atoms with E-state index < -0.39 is 77.7 Å².